The number of hydrogen-bond donors (Lipinski definition) is 6. The number of nitrogens with zero attached hydrogens (tertiary/aromatic N) is 4. The third kappa shape index (κ3) is 4.51. The molecule has 0 radical (unpaired) electrons. The molecular formula is C13H21N5O11P2. The third-order valence-electron chi connectivity index (χ3n) is 4.75. The highest BCUT2D eigenvalue weighted by atomic mass is 31.3. The van der Waals surface area contributed by atoms with Crippen molar-refractivity contribution in [1.82, 2.24) is 19.5 Å². The quantitative estimate of drug-likeness (QED) is 0.232. The topological polar surface area (TPSA) is 242 Å². The molecule has 2 unspecified atom stereocenters. The van der Waals surface area contributed by atoms with Crippen LogP contribution in [0.15, 0.2) is 12.7 Å². The number of nitrogen functional groups attached to an aromatic ring is 1. The molecule has 3 rings (SSSR count). The summed E-state index contributed by atoms with van der Waals surface area (Å²) in [5, 5.41) is 21.4. The lowest BCUT2D eigenvalue weighted by atomic mass is 9.97. The van der Waals surface area contributed by atoms with Gasteiger partial charge in [0.05, 0.1) is 12.9 Å². The van der Waals surface area contributed by atoms with E-state index < -0.39 is 52.4 Å². The van der Waals surface area contributed by atoms with Gasteiger partial charge in [-0.1, -0.05) is 0 Å². The average molecular weight is 485 g/mol. The van der Waals surface area contributed by atoms with Gasteiger partial charge in [0.1, 0.15) is 36.3 Å². The summed E-state index contributed by atoms with van der Waals surface area (Å²) in [5.41, 5.74) is 4.27. The zero-order valence-corrected chi connectivity index (χ0v) is 17.9. The van der Waals surface area contributed by atoms with Crippen LogP contribution < -0.4 is 5.73 Å². The highest BCUT2D eigenvalue weighted by Gasteiger charge is 2.60. The zero-order chi connectivity index (χ0) is 23.2. The summed E-state index contributed by atoms with van der Waals surface area (Å²) < 4.78 is 43.2. The zero-order valence-electron chi connectivity index (χ0n) is 16.1. The normalized spacial score (nSPS) is 29.8. The monoisotopic (exact) mass is 485 g/mol. The average Bonchev–Trinajstić information content (AvgIpc) is 3.20. The van der Waals surface area contributed by atoms with Crippen LogP contribution in [0, 0.1) is 0 Å². The summed E-state index contributed by atoms with van der Waals surface area (Å²) in [5.74, 6) is 0.0488. The Morgan fingerprint density at radius 2 is 1.97 bits per heavy atom. The van der Waals surface area contributed by atoms with Gasteiger partial charge in [-0.15, -0.1) is 0 Å². The van der Waals surface area contributed by atoms with Crippen LogP contribution in [0.25, 0.3) is 11.2 Å². The molecule has 0 spiro atoms. The van der Waals surface area contributed by atoms with Crippen LogP contribution in [-0.4, -0.2) is 82.5 Å². The van der Waals surface area contributed by atoms with Gasteiger partial charge in [-0.25, -0.2) is 24.1 Å². The van der Waals surface area contributed by atoms with E-state index in [9.17, 15) is 24.2 Å². The number of aliphatic hydroxyl groups excluding tert-OH is 2. The molecule has 3 heterocycles. The van der Waals surface area contributed by atoms with E-state index in [0.29, 0.717) is 0 Å². The Kier molecular flexibility index (Phi) is 6.55. The Labute approximate surface area is 174 Å². The minimum atomic E-state index is -5.34. The van der Waals surface area contributed by atoms with Gasteiger partial charge in [0.2, 0.25) is 5.72 Å². The first-order valence-electron chi connectivity index (χ1n) is 8.57. The van der Waals surface area contributed by atoms with E-state index in [1.54, 1.807) is 0 Å². The Morgan fingerprint density at radius 3 is 2.58 bits per heavy atom. The summed E-state index contributed by atoms with van der Waals surface area (Å²) in [6.45, 7) is 0.636. The van der Waals surface area contributed by atoms with E-state index in [-0.39, 0.29) is 17.0 Å². The number of fused-ring (bicyclic) bond motifs is 1. The fourth-order valence-electron chi connectivity index (χ4n) is 3.30. The maximum atomic E-state index is 11.7. The van der Waals surface area contributed by atoms with Crippen molar-refractivity contribution in [2.75, 3.05) is 19.5 Å². The van der Waals surface area contributed by atoms with Crippen molar-refractivity contribution in [2.45, 2.75) is 37.1 Å². The van der Waals surface area contributed by atoms with Crippen molar-refractivity contribution in [3.8, 4) is 0 Å². The molecule has 18 heteroatoms. The number of methoxy groups -OCH3 is 1. The standard InChI is InChI=1S/C13H21N5O11P2/c1-6(26-2)13(18-5-17-8-11(14)15-4-16-12(8)18)10(20)9(19)7(28-13)3-27-31(24,25)29-30(21,22)23/h4-7,9-10,19-20H,3H2,1-2H3,(H,24,25)(H2,14,15,16)(H2,21,22,23)/t6?,7-,9-,10-,13-/m1/s1. The van der Waals surface area contributed by atoms with Crippen molar-refractivity contribution in [3.63, 3.8) is 0 Å². The lowest BCUT2D eigenvalue weighted by molar-refractivity contribution is -0.207. The molecular weight excluding hydrogens is 464 g/mol. The second kappa shape index (κ2) is 8.42. The highest BCUT2D eigenvalue weighted by Crippen LogP contribution is 2.58. The van der Waals surface area contributed by atoms with E-state index in [1.807, 2.05) is 0 Å². The Bertz CT molecular complexity index is 1050. The maximum Gasteiger partial charge on any atom is 0.481 e. The number of aromatic nitrogens is 4. The molecule has 31 heavy (non-hydrogen) atoms. The van der Waals surface area contributed by atoms with Crippen molar-refractivity contribution >= 4 is 32.6 Å². The predicted molar refractivity (Wildman–Crippen MR) is 100.0 cm³/mol. The number of phosphoric ester groups is 1. The summed E-state index contributed by atoms with van der Waals surface area (Å²) in [7, 11) is -9.24. The number of aliphatic hydroxyl groups is 2. The van der Waals surface area contributed by atoms with Crippen molar-refractivity contribution < 1.29 is 52.3 Å². The smallest absolute Gasteiger partial charge is 0.387 e. The molecule has 1 saturated heterocycles. The van der Waals surface area contributed by atoms with Crippen LogP contribution in [0.2, 0.25) is 0 Å². The fourth-order valence-corrected chi connectivity index (χ4v) is 4.90. The van der Waals surface area contributed by atoms with E-state index in [4.69, 9.17) is 25.0 Å². The molecule has 2 aromatic rings. The number of ether oxygens (including phenoxy) is 2. The first-order chi connectivity index (χ1) is 14.3. The number of phosphoric acid groups is 2. The predicted octanol–water partition coefficient (Wildman–Crippen LogP) is -1.56. The van der Waals surface area contributed by atoms with Crippen molar-refractivity contribution in [1.29, 1.82) is 0 Å². The summed E-state index contributed by atoms with van der Waals surface area (Å²) >= 11 is 0. The van der Waals surface area contributed by atoms with Gasteiger partial charge in [-0.2, -0.15) is 4.31 Å². The summed E-state index contributed by atoms with van der Waals surface area (Å²) in [6, 6.07) is 0. The maximum absolute atomic E-state index is 11.7. The first kappa shape index (κ1) is 24.1. The van der Waals surface area contributed by atoms with Gasteiger partial charge in [-0.3, -0.25) is 9.09 Å². The highest BCUT2D eigenvalue weighted by molar-refractivity contribution is 7.60. The van der Waals surface area contributed by atoms with E-state index >= 15 is 0 Å². The lowest BCUT2D eigenvalue weighted by Gasteiger charge is -2.37. The fraction of sp³-hybridized carbons (Fsp3) is 0.615. The van der Waals surface area contributed by atoms with Crippen LogP contribution in [0.3, 0.4) is 0 Å². The molecule has 1 aliphatic rings. The number of anilines is 1. The molecule has 0 amide bonds. The van der Waals surface area contributed by atoms with E-state index in [1.165, 1.54) is 24.9 Å². The van der Waals surface area contributed by atoms with Gasteiger partial charge >= 0.3 is 15.6 Å². The Balaban J connectivity index is 1.96. The number of nitrogens with two attached hydrogens (primary N) is 1. The number of imidazole rings is 1. The number of hydrogen-bond acceptors (Lipinski definition) is 12. The molecule has 0 aliphatic carbocycles. The molecule has 2 aromatic heterocycles. The molecule has 16 nitrogen and oxygen atoms in total. The van der Waals surface area contributed by atoms with Crippen molar-refractivity contribution in [3.05, 3.63) is 12.7 Å². The van der Waals surface area contributed by atoms with Gasteiger partial charge in [-0.05, 0) is 6.92 Å². The Hall–Kier alpha value is -1.55. The molecule has 1 aliphatic heterocycles. The van der Waals surface area contributed by atoms with Gasteiger partial charge in [0.15, 0.2) is 11.5 Å². The molecule has 0 bridgehead atoms. The van der Waals surface area contributed by atoms with Crippen molar-refractivity contribution in [2.24, 2.45) is 0 Å². The largest absolute Gasteiger partial charge is 0.481 e. The summed E-state index contributed by atoms with van der Waals surface area (Å²) in [4.78, 5) is 38.8. The van der Waals surface area contributed by atoms with Gasteiger partial charge in [0, 0.05) is 7.11 Å². The minimum absolute atomic E-state index is 0.0488. The molecule has 7 N–H and O–H groups in total. The van der Waals surface area contributed by atoms with Gasteiger partial charge in [0.25, 0.3) is 0 Å². The van der Waals surface area contributed by atoms with Crippen LogP contribution in [0.4, 0.5) is 5.82 Å². The second-order valence-electron chi connectivity index (χ2n) is 6.60. The molecule has 6 atom stereocenters. The molecule has 174 valence electrons. The number of rotatable bonds is 8. The van der Waals surface area contributed by atoms with Crippen LogP contribution in [-0.2, 0) is 33.2 Å². The van der Waals surface area contributed by atoms with Crippen LogP contribution >= 0.6 is 15.6 Å². The van der Waals surface area contributed by atoms with Crippen LogP contribution in [0.1, 0.15) is 6.92 Å². The first-order valence-corrected chi connectivity index (χ1v) is 11.6. The van der Waals surface area contributed by atoms with E-state index in [2.05, 4.69) is 23.8 Å². The molecule has 0 saturated carbocycles. The summed E-state index contributed by atoms with van der Waals surface area (Å²) in [6.07, 6.45) is -3.39. The lowest BCUT2D eigenvalue weighted by Crippen LogP contribution is -2.53. The van der Waals surface area contributed by atoms with Gasteiger partial charge < -0.3 is 40.1 Å². The third-order valence-corrected chi connectivity index (χ3v) is 6.91. The Morgan fingerprint density at radius 1 is 1.29 bits per heavy atom. The molecule has 1 fully saturated rings. The van der Waals surface area contributed by atoms with Crippen LogP contribution in [0.5, 0.6) is 0 Å². The molecule has 0 aromatic carbocycles. The SMILES string of the molecule is COC(C)[C@@]1(n2cnc3c(N)ncnc32)O[C@H](COP(=O)(O)OP(=O)(O)O)[C@@H](O)[C@H]1O. The van der Waals surface area contributed by atoms with E-state index in [0.717, 1.165) is 6.33 Å². The minimum Gasteiger partial charge on any atom is -0.387 e. The second-order valence-corrected chi connectivity index (χ2v) is 9.43.